The van der Waals surface area contributed by atoms with Crippen molar-refractivity contribution in [3.8, 4) is 0 Å². The molecule has 104 valence electrons. The fourth-order valence-corrected chi connectivity index (χ4v) is 2.06. The number of carbonyl (C=O) groups is 1. The molecule has 1 saturated heterocycles. The van der Waals surface area contributed by atoms with Crippen molar-refractivity contribution in [2.45, 2.75) is 18.9 Å². The Bertz CT molecular complexity index is 415. The highest BCUT2D eigenvalue weighted by Crippen LogP contribution is 2.15. The molecule has 3 N–H and O–H groups in total. The first-order valence-electron chi connectivity index (χ1n) is 6.31. The summed E-state index contributed by atoms with van der Waals surface area (Å²) in [5.74, 6) is 0.167. The second kappa shape index (κ2) is 6.44. The summed E-state index contributed by atoms with van der Waals surface area (Å²) < 4.78 is 5.45. The first-order chi connectivity index (χ1) is 9.20. The van der Waals surface area contributed by atoms with Crippen LogP contribution >= 0.6 is 0 Å². The average molecular weight is 266 g/mol. The van der Waals surface area contributed by atoms with Crippen LogP contribution in [0, 0.1) is 0 Å². The third-order valence-electron chi connectivity index (χ3n) is 3.08. The number of nitrogen functional groups attached to an aromatic ring is 1. The zero-order chi connectivity index (χ0) is 13.7. The van der Waals surface area contributed by atoms with E-state index >= 15 is 0 Å². The maximum absolute atomic E-state index is 12.1. The van der Waals surface area contributed by atoms with Crippen molar-refractivity contribution >= 4 is 11.7 Å². The number of piperidine rings is 1. The van der Waals surface area contributed by atoms with Crippen LogP contribution in [0.3, 0.4) is 0 Å². The quantitative estimate of drug-likeness (QED) is 0.774. The molecule has 7 heteroatoms. The molecule has 1 amide bonds. The van der Waals surface area contributed by atoms with E-state index in [2.05, 4.69) is 10.2 Å². The lowest BCUT2D eigenvalue weighted by Crippen LogP contribution is -2.41. The maximum Gasteiger partial charge on any atom is 0.274 e. The standard InChI is InChI=1S/C12H18N4O3/c13-11-2-1-10(14-15-11)12(18)16-5-3-9(4-6-16)19-8-7-17/h1-2,9,17H,3-8H2,(H2,13,15). The number of rotatable bonds is 4. The number of nitrogens with zero attached hydrogens (tertiary/aromatic N) is 3. The van der Waals surface area contributed by atoms with Gasteiger partial charge in [-0.2, -0.15) is 0 Å². The van der Waals surface area contributed by atoms with Gasteiger partial charge in [-0.05, 0) is 25.0 Å². The van der Waals surface area contributed by atoms with Crippen molar-refractivity contribution in [1.82, 2.24) is 15.1 Å². The number of carbonyl (C=O) groups excluding carboxylic acids is 1. The minimum Gasteiger partial charge on any atom is -0.394 e. The second-order valence-corrected chi connectivity index (χ2v) is 4.43. The third kappa shape index (κ3) is 3.62. The molecule has 0 spiro atoms. The van der Waals surface area contributed by atoms with E-state index in [-0.39, 0.29) is 18.6 Å². The SMILES string of the molecule is Nc1ccc(C(=O)N2CCC(OCCO)CC2)nn1. The molecular formula is C12H18N4O3. The minimum absolute atomic E-state index is 0.0279. The van der Waals surface area contributed by atoms with Crippen LogP contribution in [0.1, 0.15) is 23.3 Å². The smallest absolute Gasteiger partial charge is 0.274 e. The van der Waals surface area contributed by atoms with E-state index in [4.69, 9.17) is 15.6 Å². The number of hydrogen-bond acceptors (Lipinski definition) is 6. The molecule has 2 heterocycles. The Morgan fingerprint density at radius 2 is 2.16 bits per heavy atom. The molecule has 19 heavy (non-hydrogen) atoms. The Hall–Kier alpha value is -1.73. The Balaban J connectivity index is 1.87. The maximum atomic E-state index is 12.1. The molecule has 0 aromatic carbocycles. The molecule has 1 aromatic rings. The van der Waals surface area contributed by atoms with E-state index in [1.165, 1.54) is 0 Å². The van der Waals surface area contributed by atoms with Gasteiger partial charge in [0.2, 0.25) is 0 Å². The largest absolute Gasteiger partial charge is 0.394 e. The number of hydrogen-bond donors (Lipinski definition) is 2. The van der Waals surface area contributed by atoms with Crippen LogP contribution in [-0.2, 0) is 4.74 Å². The van der Waals surface area contributed by atoms with Gasteiger partial charge in [-0.15, -0.1) is 10.2 Å². The van der Waals surface area contributed by atoms with E-state index in [0.717, 1.165) is 12.8 Å². The van der Waals surface area contributed by atoms with Gasteiger partial charge in [0.05, 0.1) is 19.3 Å². The fourth-order valence-electron chi connectivity index (χ4n) is 2.06. The van der Waals surface area contributed by atoms with Gasteiger partial charge < -0.3 is 20.5 Å². The molecule has 1 aliphatic rings. The molecule has 0 saturated carbocycles. The first kappa shape index (κ1) is 13.7. The normalized spacial score (nSPS) is 16.6. The monoisotopic (exact) mass is 266 g/mol. The highest BCUT2D eigenvalue weighted by atomic mass is 16.5. The molecule has 0 bridgehead atoms. The molecular weight excluding hydrogens is 248 g/mol. The van der Waals surface area contributed by atoms with Gasteiger partial charge in [0.15, 0.2) is 5.69 Å². The van der Waals surface area contributed by atoms with Crippen LogP contribution in [0.2, 0.25) is 0 Å². The van der Waals surface area contributed by atoms with Crippen LogP contribution in [0.15, 0.2) is 12.1 Å². The summed E-state index contributed by atoms with van der Waals surface area (Å²) in [6.07, 6.45) is 1.66. The summed E-state index contributed by atoms with van der Waals surface area (Å²) >= 11 is 0. The summed E-state index contributed by atoms with van der Waals surface area (Å²) in [7, 11) is 0. The topological polar surface area (TPSA) is 102 Å². The molecule has 2 rings (SSSR count). The van der Waals surface area contributed by atoms with Gasteiger partial charge >= 0.3 is 0 Å². The molecule has 0 aliphatic carbocycles. The van der Waals surface area contributed by atoms with Gasteiger partial charge in [-0.1, -0.05) is 0 Å². The molecule has 1 aliphatic heterocycles. The van der Waals surface area contributed by atoms with Crippen molar-refractivity contribution in [2.75, 3.05) is 32.0 Å². The third-order valence-corrected chi connectivity index (χ3v) is 3.08. The minimum atomic E-state index is -0.131. The summed E-state index contributed by atoms with van der Waals surface area (Å²) in [6, 6.07) is 3.15. The summed E-state index contributed by atoms with van der Waals surface area (Å²) in [6.45, 7) is 1.63. The lowest BCUT2D eigenvalue weighted by molar-refractivity contribution is -0.00566. The number of aromatic nitrogens is 2. The average Bonchev–Trinajstić information content (AvgIpc) is 2.46. The Kier molecular flexibility index (Phi) is 4.64. The van der Waals surface area contributed by atoms with E-state index in [0.29, 0.717) is 31.2 Å². The number of aliphatic hydroxyl groups is 1. The molecule has 7 nitrogen and oxygen atoms in total. The number of anilines is 1. The van der Waals surface area contributed by atoms with Crippen molar-refractivity contribution in [3.63, 3.8) is 0 Å². The van der Waals surface area contributed by atoms with Crippen molar-refractivity contribution in [2.24, 2.45) is 0 Å². The fraction of sp³-hybridized carbons (Fsp3) is 0.583. The van der Waals surface area contributed by atoms with Crippen LogP contribution in [0.5, 0.6) is 0 Å². The van der Waals surface area contributed by atoms with E-state index < -0.39 is 0 Å². The van der Waals surface area contributed by atoms with E-state index in [1.54, 1.807) is 17.0 Å². The van der Waals surface area contributed by atoms with Crippen molar-refractivity contribution in [1.29, 1.82) is 0 Å². The van der Waals surface area contributed by atoms with Gasteiger partial charge in [0, 0.05) is 13.1 Å². The molecule has 0 radical (unpaired) electrons. The molecule has 1 aromatic heterocycles. The van der Waals surface area contributed by atoms with E-state index in [1.807, 2.05) is 0 Å². The highest BCUT2D eigenvalue weighted by molar-refractivity contribution is 5.92. The lowest BCUT2D eigenvalue weighted by atomic mass is 10.1. The van der Waals surface area contributed by atoms with Gasteiger partial charge in [-0.3, -0.25) is 4.79 Å². The van der Waals surface area contributed by atoms with Gasteiger partial charge in [0.1, 0.15) is 5.82 Å². The second-order valence-electron chi connectivity index (χ2n) is 4.43. The highest BCUT2D eigenvalue weighted by Gasteiger charge is 2.24. The van der Waals surface area contributed by atoms with Crippen LogP contribution in [-0.4, -0.2) is 58.5 Å². The zero-order valence-corrected chi connectivity index (χ0v) is 10.7. The lowest BCUT2D eigenvalue weighted by Gasteiger charge is -2.31. The van der Waals surface area contributed by atoms with Crippen LogP contribution in [0.25, 0.3) is 0 Å². The van der Waals surface area contributed by atoms with E-state index in [9.17, 15) is 4.79 Å². The number of likely N-dealkylation sites (tertiary alicyclic amines) is 1. The zero-order valence-electron chi connectivity index (χ0n) is 10.7. The molecule has 0 atom stereocenters. The molecule has 1 fully saturated rings. The van der Waals surface area contributed by atoms with Gasteiger partial charge in [-0.25, -0.2) is 0 Å². The summed E-state index contributed by atoms with van der Waals surface area (Å²) in [5, 5.41) is 16.2. The number of nitrogens with two attached hydrogens (primary N) is 1. The number of aliphatic hydroxyl groups excluding tert-OH is 1. The van der Waals surface area contributed by atoms with Gasteiger partial charge in [0.25, 0.3) is 5.91 Å². The van der Waals surface area contributed by atoms with Crippen LogP contribution < -0.4 is 5.73 Å². The number of amides is 1. The van der Waals surface area contributed by atoms with Crippen LogP contribution in [0.4, 0.5) is 5.82 Å². The van der Waals surface area contributed by atoms with Crippen molar-refractivity contribution in [3.05, 3.63) is 17.8 Å². The Morgan fingerprint density at radius 1 is 1.42 bits per heavy atom. The predicted molar refractivity (Wildman–Crippen MR) is 68.4 cm³/mol. The summed E-state index contributed by atoms with van der Waals surface area (Å²) in [4.78, 5) is 13.9. The predicted octanol–water partition coefficient (Wildman–Crippen LogP) is -0.328. The Labute approximate surface area is 111 Å². The Morgan fingerprint density at radius 3 is 2.74 bits per heavy atom. The van der Waals surface area contributed by atoms with Crippen molar-refractivity contribution < 1.29 is 14.6 Å². The molecule has 0 unspecified atom stereocenters. The first-order valence-corrected chi connectivity index (χ1v) is 6.31. The number of ether oxygens (including phenoxy) is 1. The summed E-state index contributed by atoms with van der Waals surface area (Å²) in [5.41, 5.74) is 5.74.